The predicted octanol–water partition coefficient (Wildman–Crippen LogP) is 3.92. The molecule has 0 aliphatic carbocycles. The van der Waals surface area contributed by atoms with E-state index in [4.69, 9.17) is 11.6 Å². The number of benzene rings is 1. The van der Waals surface area contributed by atoms with Crippen molar-refractivity contribution in [2.24, 2.45) is 0 Å². The lowest BCUT2D eigenvalue weighted by molar-refractivity contribution is 0.0631. The van der Waals surface area contributed by atoms with Crippen molar-refractivity contribution < 1.29 is 4.79 Å². The minimum Gasteiger partial charge on any atom is -0.335 e. The van der Waals surface area contributed by atoms with Crippen molar-refractivity contribution in [2.45, 2.75) is 12.8 Å². The number of nitrogens with zero attached hydrogens (tertiary/aromatic N) is 3. The van der Waals surface area contributed by atoms with Crippen LogP contribution in [0.25, 0.3) is 10.4 Å². The molecule has 0 radical (unpaired) electrons. The number of rotatable bonds is 5. The summed E-state index contributed by atoms with van der Waals surface area (Å²) in [4.78, 5) is 21.9. The first-order chi connectivity index (χ1) is 13.2. The van der Waals surface area contributed by atoms with E-state index in [9.17, 15) is 4.79 Å². The van der Waals surface area contributed by atoms with Crippen LogP contribution in [-0.2, 0) is 0 Å². The lowest BCUT2D eigenvalue weighted by Crippen LogP contribution is -2.50. The van der Waals surface area contributed by atoms with Gasteiger partial charge < -0.3 is 9.80 Å². The molecular formula is C21H26ClN3OS. The number of carbonyl (C=O) groups excluding carboxylic acids is 1. The van der Waals surface area contributed by atoms with Crippen molar-refractivity contribution in [1.82, 2.24) is 14.7 Å². The van der Waals surface area contributed by atoms with Gasteiger partial charge in [-0.05, 0) is 55.8 Å². The highest BCUT2D eigenvalue weighted by Crippen LogP contribution is 2.30. The van der Waals surface area contributed by atoms with Crippen molar-refractivity contribution in [2.75, 3.05) is 52.4 Å². The van der Waals surface area contributed by atoms with Crippen LogP contribution in [0.2, 0.25) is 5.02 Å². The summed E-state index contributed by atoms with van der Waals surface area (Å²) in [7, 11) is 0. The minimum absolute atomic E-state index is 0.166. The van der Waals surface area contributed by atoms with Gasteiger partial charge in [0.1, 0.15) is 0 Å². The quantitative estimate of drug-likeness (QED) is 0.756. The highest BCUT2D eigenvalue weighted by atomic mass is 35.5. The zero-order valence-corrected chi connectivity index (χ0v) is 17.1. The summed E-state index contributed by atoms with van der Waals surface area (Å²) in [5.74, 6) is 0.166. The van der Waals surface area contributed by atoms with E-state index < -0.39 is 0 Å². The van der Waals surface area contributed by atoms with Crippen molar-refractivity contribution in [3.8, 4) is 10.4 Å². The monoisotopic (exact) mass is 403 g/mol. The standard InChI is InChI=1S/C21H26ClN3OS/c22-18-5-3-17(4-6-18)19-7-8-20(27-19)21(26)25-15-13-24(14-16-25)12-11-23-9-1-2-10-23/h3-8H,1-2,9-16H2. The fraction of sp³-hybridized carbons (Fsp3) is 0.476. The summed E-state index contributed by atoms with van der Waals surface area (Å²) in [6.45, 7) is 8.43. The molecule has 1 aromatic heterocycles. The Hall–Kier alpha value is -1.40. The number of carbonyl (C=O) groups is 1. The van der Waals surface area contributed by atoms with Gasteiger partial charge in [-0.15, -0.1) is 11.3 Å². The second kappa shape index (κ2) is 8.74. The summed E-state index contributed by atoms with van der Waals surface area (Å²) < 4.78 is 0. The molecule has 2 aromatic rings. The smallest absolute Gasteiger partial charge is 0.264 e. The molecule has 0 N–H and O–H groups in total. The molecular weight excluding hydrogens is 378 g/mol. The van der Waals surface area contributed by atoms with Gasteiger partial charge in [0.05, 0.1) is 4.88 Å². The molecule has 144 valence electrons. The second-order valence-corrected chi connectivity index (χ2v) is 8.87. The summed E-state index contributed by atoms with van der Waals surface area (Å²) >= 11 is 7.53. The summed E-state index contributed by atoms with van der Waals surface area (Å²) in [5.41, 5.74) is 1.11. The number of amides is 1. The van der Waals surface area contributed by atoms with Crippen molar-refractivity contribution in [1.29, 1.82) is 0 Å². The van der Waals surface area contributed by atoms with E-state index in [0.717, 1.165) is 53.1 Å². The van der Waals surface area contributed by atoms with Crippen LogP contribution < -0.4 is 0 Å². The molecule has 0 atom stereocenters. The number of hydrogen-bond acceptors (Lipinski definition) is 4. The molecule has 6 heteroatoms. The zero-order chi connectivity index (χ0) is 18.6. The van der Waals surface area contributed by atoms with Gasteiger partial charge >= 0.3 is 0 Å². The lowest BCUT2D eigenvalue weighted by Gasteiger charge is -2.35. The molecule has 2 aliphatic heterocycles. The van der Waals surface area contributed by atoms with Crippen LogP contribution in [0, 0.1) is 0 Å². The van der Waals surface area contributed by atoms with Gasteiger partial charge in [0.25, 0.3) is 5.91 Å². The molecule has 2 aliphatic rings. The van der Waals surface area contributed by atoms with Gasteiger partial charge in [0, 0.05) is 49.2 Å². The third-order valence-corrected chi connectivity index (χ3v) is 6.91. The molecule has 3 heterocycles. The summed E-state index contributed by atoms with van der Waals surface area (Å²) in [6, 6.07) is 11.8. The number of piperazine rings is 1. The van der Waals surface area contributed by atoms with Gasteiger partial charge in [0.15, 0.2) is 0 Å². The average Bonchev–Trinajstić information content (AvgIpc) is 3.39. The molecule has 1 aromatic carbocycles. The first kappa shape index (κ1) is 18.9. The molecule has 1 amide bonds. The van der Waals surface area contributed by atoms with Gasteiger partial charge in [-0.1, -0.05) is 23.7 Å². The SMILES string of the molecule is O=C(c1ccc(-c2ccc(Cl)cc2)s1)N1CCN(CCN2CCCC2)CC1. The van der Waals surface area contributed by atoms with Crippen LogP contribution in [0.3, 0.4) is 0 Å². The van der Waals surface area contributed by atoms with E-state index in [1.165, 1.54) is 32.5 Å². The maximum absolute atomic E-state index is 12.9. The van der Waals surface area contributed by atoms with E-state index in [2.05, 4.69) is 9.80 Å². The van der Waals surface area contributed by atoms with Crippen molar-refractivity contribution in [3.05, 3.63) is 46.3 Å². The molecule has 0 spiro atoms. The van der Waals surface area contributed by atoms with E-state index in [1.54, 1.807) is 11.3 Å². The van der Waals surface area contributed by atoms with E-state index in [0.29, 0.717) is 0 Å². The summed E-state index contributed by atoms with van der Waals surface area (Å²) in [5, 5.41) is 0.731. The Kier molecular flexibility index (Phi) is 6.13. The Morgan fingerprint density at radius 3 is 2.15 bits per heavy atom. The van der Waals surface area contributed by atoms with E-state index >= 15 is 0 Å². The molecule has 2 fully saturated rings. The van der Waals surface area contributed by atoms with Crippen LogP contribution in [0.4, 0.5) is 0 Å². The molecule has 0 unspecified atom stereocenters. The normalized spacial score (nSPS) is 18.9. The number of halogens is 1. The molecule has 4 rings (SSSR count). The van der Waals surface area contributed by atoms with Crippen molar-refractivity contribution in [3.63, 3.8) is 0 Å². The molecule has 0 bridgehead atoms. The lowest BCUT2D eigenvalue weighted by atomic mass is 10.2. The third-order valence-electron chi connectivity index (χ3n) is 5.54. The largest absolute Gasteiger partial charge is 0.335 e. The van der Waals surface area contributed by atoms with Crippen LogP contribution in [-0.4, -0.2) is 73.0 Å². The first-order valence-electron chi connectivity index (χ1n) is 9.79. The van der Waals surface area contributed by atoms with Gasteiger partial charge in [-0.25, -0.2) is 0 Å². The highest BCUT2D eigenvalue weighted by Gasteiger charge is 2.24. The Morgan fingerprint density at radius 1 is 0.852 bits per heavy atom. The fourth-order valence-corrected chi connectivity index (χ4v) is 4.95. The van der Waals surface area contributed by atoms with Crippen LogP contribution >= 0.6 is 22.9 Å². The maximum atomic E-state index is 12.9. The Bertz CT molecular complexity index is 762. The number of likely N-dealkylation sites (tertiary alicyclic amines) is 1. The van der Waals surface area contributed by atoms with Crippen molar-refractivity contribution >= 4 is 28.8 Å². The number of hydrogen-bond donors (Lipinski definition) is 0. The molecule has 2 saturated heterocycles. The Labute approximate surface area is 170 Å². The predicted molar refractivity (Wildman–Crippen MR) is 113 cm³/mol. The van der Waals surface area contributed by atoms with Gasteiger partial charge in [-0.2, -0.15) is 0 Å². The maximum Gasteiger partial charge on any atom is 0.264 e. The molecule has 27 heavy (non-hydrogen) atoms. The van der Waals surface area contributed by atoms with Crippen LogP contribution in [0.5, 0.6) is 0 Å². The fourth-order valence-electron chi connectivity index (χ4n) is 3.84. The molecule has 4 nitrogen and oxygen atoms in total. The van der Waals surface area contributed by atoms with E-state index in [1.807, 2.05) is 41.3 Å². The second-order valence-electron chi connectivity index (χ2n) is 7.35. The molecule has 0 saturated carbocycles. The summed E-state index contributed by atoms with van der Waals surface area (Å²) in [6.07, 6.45) is 2.70. The Morgan fingerprint density at radius 2 is 1.48 bits per heavy atom. The van der Waals surface area contributed by atoms with Gasteiger partial charge in [-0.3, -0.25) is 9.69 Å². The zero-order valence-electron chi connectivity index (χ0n) is 15.6. The van der Waals surface area contributed by atoms with Gasteiger partial charge in [0.2, 0.25) is 0 Å². The van der Waals surface area contributed by atoms with E-state index in [-0.39, 0.29) is 5.91 Å². The average molecular weight is 404 g/mol. The Balaban J connectivity index is 1.29. The van der Waals surface area contributed by atoms with Crippen LogP contribution in [0.15, 0.2) is 36.4 Å². The third kappa shape index (κ3) is 4.72. The number of thiophene rings is 1. The minimum atomic E-state index is 0.166. The van der Waals surface area contributed by atoms with Crippen LogP contribution in [0.1, 0.15) is 22.5 Å². The first-order valence-corrected chi connectivity index (χ1v) is 11.0. The highest BCUT2D eigenvalue weighted by molar-refractivity contribution is 7.17. The topological polar surface area (TPSA) is 26.8 Å².